The lowest BCUT2D eigenvalue weighted by atomic mass is 10.2. The lowest BCUT2D eigenvalue weighted by molar-refractivity contribution is -0.121. The van der Waals surface area contributed by atoms with Gasteiger partial charge in [-0.2, -0.15) is 0 Å². The van der Waals surface area contributed by atoms with Crippen LogP contribution in [0.15, 0.2) is 42.5 Å². The third-order valence-electron chi connectivity index (χ3n) is 4.34. The highest BCUT2D eigenvalue weighted by Gasteiger charge is 2.20. The van der Waals surface area contributed by atoms with Crippen LogP contribution in [0.4, 0.5) is 5.69 Å². The number of para-hydroxylation sites is 1. The van der Waals surface area contributed by atoms with Gasteiger partial charge in [-0.25, -0.2) is 8.42 Å². The average Bonchev–Trinajstić information content (AvgIpc) is 2.65. The Hall–Kier alpha value is -2.25. The van der Waals surface area contributed by atoms with Gasteiger partial charge in [0.15, 0.2) is 0 Å². The van der Waals surface area contributed by atoms with E-state index < -0.39 is 10.0 Å². The van der Waals surface area contributed by atoms with Gasteiger partial charge in [0, 0.05) is 30.1 Å². The van der Waals surface area contributed by atoms with E-state index in [2.05, 4.69) is 5.32 Å². The van der Waals surface area contributed by atoms with Gasteiger partial charge in [0.25, 0.3) is 0 Å². The molecule has 0 heterocycles. The molecule has 0 atom stereocenters. The van der Waals surface area contributed by atoms with Gasteiger partial charge in [-0.05, 0) is 37.1 Å². The number of hydrogen-bond donors (Lipinski definition) is 1. The molecule has 0 unspecified atom stereocenters. The molecule has 0 aliphatic carbocycles. The maximum absolute atomic E-state index is 12.2. The number of ether oxygens (including phenoxy) is 1. The van der Waals surface area contributed by atoms with Crippen molar-refractivity contribution in [3.63, 3.8) is 0 Å². The van der Waals surface area contributed by atoms with Crippen LogP contribution in [0.1, 0.15) is 24.0 Å². The van der Waals surface area contributed by atoms with Crippen LogP contribution in [0.3, 0.4) is 0 Å². The molecular formula is C20H25ClN2O4S. The van der Waals surface area contributed by atoms with Gasteiger partial charge in [-0.15, -0.1) is 0 Å². The van der Waals surface area contributed by atoms with Crippen molar-refractivity contribution in [2.75, 3.05) is 24.2 Å². The molecule has 0 aliphatic heterocycles. The molecule has 0 fully saturated rings. The summed E-state index contributed by atoms with van der Waals surface area (Å²) in [5.74, 6) is 0.560. The first-order valence-corrected chi connectivity index (χ1v) is 11.1. The number of rotatable bonds is 9. The van der Waals surface area contributed by atoms with Crippen LogP contribution in [0.2, 0.25) is 5.02 Å². The summed E-state index contributed by atoms with van der Waals surface area (Å²) in [7, 11) is -1.91. The summed E-state index contributed by atoms with van der Waals surface area (Å²) in [6, 6.07) is 12.6. The van der Waals surface area contributed by atoms with Crippen molar-refractivity contribution in [3.8, 4) is 5.75 Å². The number of anilines is 1. The minimum absolute atomic E-state index is 0.151. The van der Waals surface area contributed by atoms with Crippen molar-refractivity contribution in [2.45, 2.75) is 26.3 Å². The zero-order valence-electron chi connectivity index (χ0n) is 16.2. The van der Waals surface area contributed by atoms with E-state index >= 15 is 0 Å². The molecule has 152 valence electrons. The van der Waals surface area contributed by atoms with Crippen LogP contribution in [-0.2, 0) is 21.4 Å². The van der Waals surface area contributed by atoms with Crippen molar-refractivity contribution in [2.24, 2.45) is 0 Å². The molecule has 1 amide bonds. The Morgan fingerprint density at radius 3 is 2.57 bits per heavy atom. The molecule has 0 saturated carbocycles. The lowest BCUT2D eigenvalue weighted by Gasteiger charge is -2.24. The van der Waals surface area contributed by atoms with E-state index in [1.807, 2.05) is 24.3 Å². The number of halogens is 1. The zero-order chi connectivity index (χ0) is 20.7. The van der Waals surface area contributed by atoms with Crippen molar-refractivity contribution < 1.29 is 17.9 Å². The molecule has 0 aromatic heterocycles. The van der Waals surface area contributed by atoms with Crippen molar-refractivity contribution in [1.82, 2.24) is 5.32 Å². The maximum atomic E-state index is 12.2. The van der Waals surface area contributed by atoms with E-state index in [0.29, 0.717) is 35.0 Å². The molecule has 2 rings (SSSR count). The Morgan fingerprint density at radius 2 is 1.89 bits per heavy atom. The van der Waals surface area contributed by atoms with Crippen molar-refractivity contribution in [1.29, 1.82) is 0 Å². The topological polar surface area (TPSA) is 75.7 Å². The van der Waals surface area contributed by atoms with Crippen LogP contribution in [-0.4, -0.2) is 34.2 Å². The Kier molecular flexibility index (Phi) is 7.71. The smallest absolute Gasteiger partial charge is 0.232 e. The molecule has 2 aromatic rings. The second-order valence-corrected chi connectivity index (χ2v) is 8.73. The van der Waals surface area contributed by atoms with E-state index in [-0.39, 0.29) is 18.9 Å². The molecule has 0 saturated heterocycles. The number of carbonyl (C=O) groups is 1. The number of benzene rings is 2. The Morgan fingerprint density at radius 1 is 1.18 bits per heavy atom. The van der Waals surface area contributed by atoms with E-state index in [0.717, 1.165) is 11.8 Å². The standard InChI is InChI=1S/C20H25ClN2O4S/c1-15-17(21)9-6-10-18(15)23(28(3,25)26)13-7-12-20(24)22-14-16-8-4-5-11-19(16)27-2/h4-6,8-11H,7,12-14H2,1-3H3,(H,22,24). The number of nitrogens with zero attached hydrogens (tertiary/aromatic N) is 1. The molecule has 0 aliphatic rings. The second kappa shape index (κ2) is 9.80. The fourth-order valence-corrected chi connectivity index (χ4v) is 4.03. The number of amides is 1. The number of sulfonamides is 1. The van der Waals surface area contributed by atoms with E-state index in [1.165, 1.54) is 4.31 Å². The Balaban J connectivity index is 1.95. The third-order valence-corrected chi connectivity index (χ3v) is 5.93. The van der Waals surface area contributed by atoms with Crippen LogP contribution in [0.5, 0.6) is 5.75 Å². The molecule has 6 nitrogen and oxygen atoms in total. The first-order chi connectivity index (χ1) is 13.2. The predicted octanol–water partition coefficient (Wildman–Crippen LogP) is 3.52. The molecule has 1 N–H and O–H groups in total. The molecular weight excluding hydrogens is 400 g/mol. The summed E-state index contributed by atoms with van der Waals surface area (Å²) in [4.78, 5) is 12.2. The van der Waals surface area contributed by atoms with Crippen LogP contribution >= 0.6 is 11.6 Å². The Bertz CT molecular complexity index is 932. The second-order valence-electron chi connectivity index (χ2n) is 6.41. The van der Waals surface area contributed by atoms with Gasteiger partial charge in [-0.3, -0.25) is 9.10 Å². The highest BCUT2D eigenvalue weighted by molar-refractivity contribution is 7.92. The highest BCUT2D eigenvalue weighted by atomic mass is 35.5. The van der Waals surface area contributed by atoms with Crippen LogP contribution in [0.25, 0.3) is 0 Å². The van der Waals surface area contributed by atoms with Gasteiger partial charge in [0.05, 0.1) is 19.1 Å². The normalized spacial score (nSPS) is 11.1. The number of methoxy groups -OCH3 is 1. The lowest BCUT2D eigenvalue weighted by Crippen LogP contribution is -2.32. The molecule has 8 heteroatoms. The summed E-state index contributed by atoms with van der Waals surface area (Å²) < 4.78 is 31.0. The first kappa shape index (κ1) is 22.0. The van der Waals surface area contributed by atoms with Crippen molar-refractivity contribution >= 4 is 33.2 Å². The highest BCUT2D eigenvalue weighted by Crippen LogP contribution is 2.28. The van der Waals surface area contributed by atoms with Gasteiger partial charge in [0.1, 0.15) is 5.75 Å². The van der Waals surface area contributed by atoms with E-state index in [9.17, 15) is 13.2 Å². The van der Waals surface area contributed by atoms with E-state index in [1.54, 1.807) is 32.2 Å². The minimum Gasteiger partial charge on any atom is -0.496 e. The maximum Gasteiger partial charge on any atom is 0.232 e. The fourth-order valence-electron chi connectivity index (χ4n) is 2.85. The third kappa shape index (κ3) is 5.87. The fraction of sp³-hybridized carbons (Fsp3) is 0.350. The van der Waals surface area contributed by atoms with Crippen LogP contribution in [0, 0.1) is 6.92 Å². The first-order valence-electron chi connectivity index (χ1n) is 8.85. The monoisotopic (exact) mass is 424 g/mol. The summed E-state index contributed by atoms with van der Waals surface area (Å²) >= 11 is 6.12. The quantitative estimate of drug-likeness (QED) is 0.668. The largest absolute Gasteiger partial charge is 0.496 e. The minimum atomic E-state index is -3.49. The summed E-state index contributed by atoms with van der Waals surface area (Å²) in [5.41, 5.74) is 2.10. The number of hydrogen-bond acceptors (Lipinski definition) is 4. The van der Waals surface area contributed by atoms with Gasteiger partial charge in [0.2, 0.25) is 15.9 Å². The molecule has 2 aromatic carbocycles. The summed E-state index contributed by atoms with van der Waals surface area (Å²) in [6.07, 6.45) is 1.74. The molecule has 0 radical (unpaired) electrons. The van der Waals surface area contributed by atoms with Gasteiger partial charge < -0.3 is 10.1 Å². The SMILES string of the molecule is COc1ccccc1CNC(=O)CCCN(c1cccc(Cl)c1C)S(C)(=O)=O. The average molecular weight is 425 g/mol. The number of carbonyl (C=O) groups excluding carboxylic acids is 1. The van der Waals surface area contributed by atoms with E-state index in [4.69, 9.17) is 16.3 Å². The molecule has 0 bridgehead atoms. The van der Waals surface area contributed by atoms with Crippen LogP contribution < -0.4 is 14.4 Å². The summed E-state index contributed by atoms with van der Waals surface area (Å²) in [5, 5.41) is 3.34. The predicted molar refractivity (Wildman–Crippen MR) is 112 cm³/mol. The summed E-state index contributed by atoms with van der Waals surface area (Å²) in [6.45, 7) is 2.32. The zero-order valence-corrected chi connectivity index (χ0v) is 17.8. The van der Waals surface area contributed by atoms with Gasteiger partial charge in [-0.1, -0.05) is 35.9 Å². The number of nitrogens with one attached hydrogen (secondary N) is 1. The molecule has 28 heavy (non-hydrogen) atoms. The van der Waals surface area contributed by atoms with Crippen molar-refractivity contribution in [3.05, 3.63) is 58.6 Å². The molecule has 0 spiro atoms. The van der Waals surface area contributed by atoms with Gasteiger partial charge >= 0.3 is 0 Å². The Labute approximate surface area is 171 Å².